The summed E-state index contributed by atoms with van der Waals surface area (Å²) in [4.78, 5) is 13.4. The molecule has 5 nitrogen and oxygen atoms in total. The Morgan fingerprint density at radius 3 is 2.15 bits per heavy atom. The quantitative estimate of drug-likeness (QED) is 0.580. The van der Waals surface area contributed by atoms with Crippen LogP contribution in [-0.4, -0.2) is 50.1 Å². The summed E-state index contributed by atoms with van der Waals surface area (Å²) in [5, 5.41) is 0. The molecule has 2 aliphatic heterocycles. The van der Waals surface area contributed by atoms with Crippen LogP contribution >= 0.6 is 0 Å². The summed E-state index contributed by atoms with van der Waals surface area (Å²) in [6.07, 6.45) is 9.90. The molecular formula is C27H37F2N3O2. The number of carbonyl (C=O) groups is 1. The molecule has 3 aliphatic rings. The van der Waals surface area contributed by atoms with Gasteiger partial charge in [-0.2, -0.15) is 0 Å². The van der Waals surface area contributed by atoms with Gasteiger partial charge in [0.15, 0.2) is 11.6 Å². The summed E-state index contributed by atoms with van der Waals surface area (Å²) in [6.45, 7) is 5.85. The maximum Gasteiger partial charge on any atom is 0.204 e. The topological polar surface area (TPSA) is 58.8 Å². The number of hydrogen-bond donors (Lipinski definition) is 1. The Bertz CT molecular complexity index is 863. The van der Waals surface area contributed by atoms with Crippen LogP contribution in [0.2, 0.25) is 0 Å². The SMILES string of the molecule is Fc1cc(CCCN2CCCC2)ccc1OC1CC1.Fc1ccc(N2CCCC2)cc1.NC=O. The summed E-state index contributed by atoms with van der Waals surface area (Å²) < 4.78 is 31.9. The van der Waals surface area contributed by atoms with Crippen molar-refractivity contribution in [2.75, 3.05) is 37.6 Å². The van der Waals surface area contributed by atoms with Crippen LogP contribution in [-0.2, 0) is 11.2 Å². The third-order valence-corrected chi connectivity index (χ3v) is 6.25. The van der Waals surface area contributed by atoms with Gasteiger partial charge in [-0.1, -0.05) is 6.07 Å². The third-order valence-electron chi connectivity index (χ3n) is 6.25. The molecule has 5 rings (SSSR count). The lowest BCUT2D eigenvalue weighted by molar-refractivity contribution is -0.106. The van der Waals surface area contributed by atoms with Gasteiger partial charge in [-0.3, -0.25) is 4.79 Å². The fraction of sp³-hybridized carbons (Fsp3) is 0.519. The molecule has 0 atom stereocenters. The molecule has 186 valence electrons. The van der Waals surface area contributed by atoms with E-state index < -0.39 is 0 Å². The zero-order valence-corrected chi connectivity index (χ0v) is 19.9. The monoisotopic (exact) mass is 473 g/mol. The van der Waals surface area contributed by atoms with E-state index in [0.29, 0.717) is 5.75 Å². The van der Waals surface area contributed by atoms with Gasteiger partial charge in [-0.25, -0.2) is 8.78 Å². The molecule has 2 heterocycles. The molecule has 2 N–H and O–H groups in total. The first-order valence-electron chi connectivity index (χ1n) is 12.4. The van der Waals surface area contributed by atoms with Crippen LogP contribution in [0.15, 0.2) is 42.5 Å². The molecule has 0 aromatic heterocycles. The van der Waals surface area contributed by atoms with Crippen LogP contribution in [0.1, 0.15) is 50.5 Å². The number of ether oxygens (including phenoxy) is 1. The lowest BCUT2D eigenvalue weighted by Crippen LogP contribution is -2.20. The number of likely N-dealkylation sites (tertiary alicyclic amines) is 1. The molecule has 2 aromatic carbocycles. The Morgan fingerprint density at radius 2 is 1.56 bits per heavy atom. The zero-order chi connectivity index (χ0) is 24.2. The number of benzene rings is 2. The highest BCUT2D eigenvalue weighted by molar-refractivity contribution is 5.46. The van der Waals surface area contributed by atoms with E-state index in [4.69, 9.17) is 9.53 Å². The van der Waals surface area contributed by atoms with E-state index in [2.05, 4.69) is 15.5 Å². The Morgan fingerprint density at radius 1 is 0.941 bits per heavy atom. The van der Waals surface area contributed by atoms with Crippen LogP contribution in [0.3, 0.4) is 0 Å². The van der Waals surface area contributed by atoms with E-state index >= 15 is 0 Å². The van der Waals surface area contributed by atoms with E-state index in [1.165, 1.54) is 50.9 Å². The Balaban J connectivity index is 0.000000185. The van der Waals surface area contributed by atoms with Crippen LogP contribution in [0.4, 0.5) is 14.5 Å². The molecule has 1 aliphatic carbocycles. The highest BCUT2D eigenvalue weighted by Gasteiger charge is 2.24. The third kappa shape index (κ3) is 8.93. The second-order valence-electron chi connectivity index (χ2n) is 9.04. The van der Waals surface area contributed by atoms with Crippen LogP contribution in [0.5, 0.6) is 5.75 Å². The molecule has 0 spiro atoms. The van der Waals surface area contributed by atoms with Crippen LogP contribution in [0, 0.1) is 11.6 Å². The predicted octanol–water partition coefficient (Wildman–Crippen LogP) is 4.92. The van der Waals surface area contributed by atoms with Crippen molar-refractivity contribution >= 4 is 12.1 Å². The zero-order valence-electron chi connectivity index (χ0n) is 19.9. The minimum atomic E-state index is -0.203. The van der Waals surface area contributed by atoms with Gasteiger partial charge >= 0.3 is 0 Å². The number of rotatable bonds is 7. The van der Waals surface area contributed by atoms with Crippen molar-refractivity contribution in [3.8, 4) is 5.75 Å². The normalized spacial score (nSPS) is 17.4. The van der Waals surface area contributed by atoms with Gasteiger partial charge in [-0.05, 0) is 113 Å². The van der Waals surface area contributed by atoms with Crippen molar-refractivity contribution in [3.63, 3.8) is 0 Å². The Hall–Kier alpha value is -2.67. The summed E-state index contributed by atoms with van der Waals surface area (Å²) in [7, 11) is 0. The standard InChI is InChI=1S/C16H22FNO.C10H12FN.CH3NO/c17-15-12-13(4-3-11-18-9-1-2-10-18)5-8-16(15)19-14-6-7-14;11-9-3-5-10(6-4-9)12-7-1-2-8-12;2-1-3/h5,8,12,14H,1-4,6-7,9-11H2;3-6H,1-2,7-8H2;1H,(H2,2,3). The smallest absolute Gasteiger partial charge is 0.204 e. The maximum atomic E-state index is 13.8. The van der Waals surface area contributed by atoms with Crippen molar-refractivity contribution < 1.29 is 18.3 Å². The number of nitrogens with zero attached hydrogens (tertiary/aromatic N) is 2. The number of anilines is 1. The van der Waals surface area contributed by atoms with Crippen molar-refractivity contribution in [2.45, 2.75) is 57.5 Å². The second-order valence-corrected chi connectivity index (χ2v) is 9.04. The lowest BCUT2D eigenvalue weighted by Gasteiger charge is -2.16. The van der Waals surface area contributed by atoms with Crippen molar-refractivity contribution in [1.29, 1.82) is 0 Å². The lowest BCUT2D eigenvalue weighted by atomic mass is 10.1. The molecule has 1 amide bonds. The summed E-state index contributed by atoms with van der Waals surface area (Å²) in [5.41, 5.74) is 6.40. The molecule has 2 aromatic rings. The molecule has 7 heteroatoms. The fourth-order valence-electron chi connectivity index (χ4n) is 4.30. The van der Waals surface area contributed by atoms with Crippen molar-refractivity contribution in [3.05, 3.63) is 59.7 Å². The second kappa shape index (κ2) is 13.9. The molecule has 1 saturated carbocycles. The minimum absolute atomic E-state index is 0.155. The predicted molar refractivity (Wildman–Crippen MR) is 132 cm³/mol. The van der Waals surface area contributed by atoms with Gasteiger partial charge < -0.3 is 20.3 Å². The van der Waals surface area contributed by atoms with E-state index in [9.17, 15) is 8.78 Å². The van der Waals surface area contributed by atoms with Crippen LogP contribution in [0.25, 0.3) is 0 Å². The number of carbonyl (C=O) groups excluding carboxylic acids is 1. The highest BCUT2D eigenvalue weighted by Crippen LogP contribution is 2.29. The fourth-order valence-corrected chi connectivity index (χ4v) is 4.30. The maximum absolute atomic E-state index is 13.8. The van der Waals surface area contributed by atoms with Crippen molar-refractivity contribution in [1.82, 2.24) is 4.90 Å². The molecular weight excluding hydrogens is 436 g/mol. The van der Waals surface area contributed by atoms with Gasteiger partial charge in [0.2, 0.25) is 6.41 Å². The van der Waals surface area contributed by atoms with E-state index in [1.807, 2.05) is 18.2 Å². The van der Waals surface area contributed by atoms with E-state index in [0.717, 1.165) is 56.6 Å². The van der Waals surface area contributed by atoms with Crippen molar-refractivity contribution in [2.24, 2.45) is 5.73 Å². The molecule has 2 saturated heterocycles. The molecule has 0 bridgehead atoms. The molecule has 0 radical (unpaired) electrons. The summed E-state index contributed by atoms with van der Waals surface area (Å²) in [5.74, 6) is 0.0642. The first kappa shape index (κ1) is 25.9. The number of halogens is 2. The summed E-state index contributed by atoms with van der Waals surface area (Å²) >= 11 is 0. The molecule has 0 unspecified atom stereocenters. The highest BCUT2D eigenvalue weighted by atomic mass is 19.1. The molecule has 34 heavy (non-hydrogen) atoms. The Kier molecular flexibility index (Phi) is 10.6. The first-order valence-corrected chi connectivity index (χ1v) is 12.4. The van der Waals surface area contributed by atoms with Gasteiger partial charge in [0, 0.05) is 18.8 Å². The average Bonchev–Trinajstić information content (AvgIpc) is 3.26. The largest absolute Gasteiger partial charge is 0.487 e. The number of amides is 1. The number of hydrogen-bond acceptors (Lipinski definition) is 4. The van der Waals surface area contributed by atoms with E-state index in [1.54, 1.807) is 12.1 Å². The Labute approximate surface area is 201 Å². The van der Waals surface area contributed by atoms with Gasteiger partial charge in [0.1, 0.15) is 5.82 Å². The first-order chi connectivity index (χ1) is 16.6. The number of primary amides is 1. The number of aryl methyl sites for hydroxylation is 1. The van der Waals surface area contributed by atoms with Crippen LogP contribution < -0.4 is 15.4 Å². The van der Waals surface area contributed by atoms with Gasteiger partial charge in [0.25, 0.3) is 0 Å². The minimum Gasteiger partial charge on any atom is -0.487 e. The van der Waals surface area contributed by atoms with Gasteiger partial charge in [0.05, 0.1) is 6.10 Å². The van der Waals surface area contributed by atoms with Gasteiger partial charge in [-0.15, -0.1) is 0 Å². The summed E-state index contributed by atoms with van der Waals surface area (Å²) in [6, 6.07) is 12.2. The number of nitrogens with two attached hydrogens (primary N) is 1. The molecule has 3 fully saturated rings. The van der Waals surface area contributed by atoms with E-state index in [-0.39, 0.29) is 24.1 Å². The average molecular weight is 474 g/mol.